The van der Waals surface area contributed by atoms with Crippen LogP contribution in [0.15, 0.2) is 72.8 Å². The third-order valence-electron chi connectivity index (χ3n) is 5.41. The monoisotopic (exact) mass is 464 g/mol. The van der Waals surface area contributed by atoms with E-state index in [9.17, 15) is 0 Å². The van der Waals surface area contributed by atoms with Gasteiger partial charge in [0.1, 0.15) is 5.82 Å². The molecule has 5 aromatic rings. The Morgan fingerprint density at radius 3 is 2.21 bits per heavy atom. The predicted octanol–water partition coefficient (Wildman–Crippen LogP) is 1.40. The van der Waals surface area contributed by atoms with Crippen LogP contribution < -0.4 is 29.2 Å². The first-order valence-corrected chi connectivity index (χ1v) is 11.1. The second kappa shape index (κ2) is 8.04. The number of anilines is 1. The van der Waals surface area contributed by atoms with Crippen molar-refractivity contribution in [3.8, 4) is 22.6 Å². The first-order chi connectivity index (χ1) is 15.8. The zero-order chi connectivity index (χ0) is 23.2. The number of fused-ring (bicyclic) bond motifs is 6. The van der Waals surface area contributed by atoms with Crippen LogP contribution in [0, 0.1) is 10.2 Å². The number of halogens is 1. The number of hydrogen-bond acceptors (Lipinski definition) is 8. The van der Waals surface area contributed by atoms with E-state index in [-0.39, 0.29) is 6.79 Å². The van der Waals surface area contributed by atoms with E-state index in [0.717, 1.165) is 55.1 Å². The molecule has 0 aliphatic carbocycles. The van der Waals surface area contributed by atoms with Gasteiger partial charge in [-0.2, -0.15) is 14.0 Å². The Hall–Kier alpha value is -3.66. The highest BCUT2D eigenvalue weighted by molar-refractivity contribution is 6.23. The highest BCUT2D eigenvalue weighted by Crippen LogP contribution is 2.42. The molecule has 0 bridgehead atoms. The number of hydrogen-bond donors (Lipinski definition) is 2. The number of nitrogen functional groups attached to an aromatic ring is 1. The van der Waals surface area contributed by atoms with Gasteiger partial charge in [0.25, 0.3) is 0 Å². The summed E-state index contributed by atoms with van der Waals surface area (Å²) in [6.45, 7) is 0.262. The van der Waals surface area contributed by atoms with Crippen LogP contribution in [-0.2, 0) is 0 Å². The largest absolute Gasteiger partial charge is 0.454 e. The number of aromatic nitrogens is 1. The maximum absolute atomic E-state index is 8.60. The summed E-state index contributed by atoms with van der Waals surface area (Å²) in [4.78, 5) is 4.81. The molecule has 1 aliphatic rings. The summed E-state index contributed by atoms with van der Waals surface area (Å²) < 4.78 is 43.8. The van der Waals surface area contributed by atoms with E-state index in [4.69, 9.17) is 38.8 Å². The number of nitrogens with two attached hydrogens (primary N) is 1. The van der Waals surface area contributed by atoms with E-state index in [2.05, 4.69) is 30.3 Å². The minimum Gasteiger partial charge on any atom is -0.454 e. The fraction of sp³-hybridized carbons (Fsp3) is 0.0417. The van der Waals surface area contributed by atoms with Crippen LogP contribution in [0.1, 0.15) is 0 Å². The average molecular weight is 465 g/mol. The molecule has 3 N–H and O–H groups in total. The highest BCUT2D eigenvalue weighted by Gasteiger charge is 2.18. The van der Waals surface area contributed by atoms with Crippen LogP contribution in [0.2, 0.25) is 0 Å². The lowest BCUT2D eigenvalue weighted by Gasteiger charge is -2.14. The van der Waals surface area contributed by atoms with Crippen molar-refractivity contribution in [2.24, 2.45) is 0 Å². The molecule has 0 unspecified atom stereocenters. The van der Waals surface area contributed by atoms with Crippen LogP contribution in [0.3, 0.4) is 0 Å². The van der Waals surface area contributed by atoms with Gasteiger partial charge in [-0.3, -0.25) is 0 Å². The van der Waals surface area contributed by atoms with Crippen molar-refractivity contribution < 1.29 is 38.4 Å². The minimum absolute atomic E-state index is 0.262. The Morgan fingerprint density at radius 1 is 0.818 bits per heavy atom. The minimum atomic E-state index is -4.69. The van der Waals surface area contributed by atoms with Gasteiger partial charge in [-0.25, -0.2) is 4.98 Å². The van der Waals surface area contributed by atoms with Crippen molar-refractivity contribution in [2.75, 3.05) is 12.5 Å². The number of rotatable bonds is 1. The van der Waals surface area contributed by atoms with Crippen molar-refractivity contribution in [1.29, 1.82) is 0 Å². The lowest BCUT2D eigenvalue weighted by molar-refractivity contribution is -1.92. The van der Waals surface area contributed by atoms with Crippen molar-refractivity contribution >= 4 is 38.3 Å². The molecule has 0 fully saturated rings. The van der Waals surface area contributed by atoms with E-state index in [1.807, 2.05) is 42.5 Å². The lowest BCUT2D eigenvalue weighted by Crippen LogP contribution is -2.58. The molecule has 0 amide bonds. The summed E-state index contributed by atoms with van der Waals surface area (Å²) in [6, 6.07) is 24.8. The van der Waals surface area contributed by atoms with Gasteiger partial charge >= 0.3 is 0 Å². The number of benzene rings is 4. The third-order valence-corrected chi connectivity index (χ3v) is 5.41. The third kappa shape index (κ3) is 4.09. The number of nitrogens with zero attached hydrogens (tertiary/aromatic N) is 1. The first-order valence-electron chi connectivity index (χ1n) is 9.82. The zero-order valence-electron chi connectivity index (χ0n) is 17.0. The first kappa shape index (κ1) is 21.2. The molecule has 0 saturated heterocycles. The maximum atomic E-state index is 8.60. The standard InChI is InChI=1S/C24H16N2O2.ClHO4/c25-24-18-8-4-3-7-17(18)22-19(15-9-10-20-21(12-15)28-13-27-20)11-14-5-1-2-6-16(14)23(22)26-24;2-1(3,4)5/h1-12H,13H2,(H2,25,26);(H,2,3,4,5). The van der Waals surface area contributed by atoms with Crippen molar-refractivity contribution in [3.63, 3.8) is 0 Å². The molecular formula is C24H17ClN2O6. The van der Waals surface area contributed by atoms with Crippen LogP contribution in [0.5, 0.6) is 11.5 Å². The van der Waals surface area contributed by atoms with E-state index in [1.54, 1.807) is 0 Å². The van der Waals surface area contributed by atoms with Crippen LogP contribution in [0.4, 0.5) is 5.82 Å². The summed E-state index contributed by atoms with van der Waals surface area (Å²) >= 11 is 0. The average Bonchev–Trinajstić information content (AvgIpc) is 3.25. The summed E-state index contributed by atoms with van der Waals surface area (Å²) in [6.07, 6.45) is 0. The molecule has 166 valence electrons. The van der Waals surface area contributed by atoms with Gasteiger partial charge in [-0.15, -0.1) is 0 Å². The summed E-state index contributed by atoms with van der Waals surface area (Å²) in [7, 11) is -4.69. The summed E-state index contributed by atoms with van der Waals surface area (Å²) in [5, 5.41) is 5.39. The SMILES string of the molecule is Nc1nc2c3ccccc3cc(-c3ccc4c(c3)OCO4)c2c2ccccc12.[O-][Cl+3]([O-])([O-])O. The highest BCUT2D eigenvalue weighted by atomic mass is 35.7. The Balaban J connectivity index is 0.000000416. The molecule has 6 rings (SSSR count). The lowest BCUT2D eigenvalue weighted by atomic mass is 9.92. The molecule has 33 heavy (non-hydrogen) atoms. The molecule has 2 heterocycles. The Kier molecular flexibility index (Phi) is 5.16. The van der Waals surface area contributed by atoms with Crippen LogP contribution in [-0.4, -0.2) is 16.4 Å². The van der Waals surface area contributed by atoms with E-state index in [1.165, 1.54) is 0 Å². The molecule has 9 heteroatoms. The van der Waals surface area contributed by atoms with Crippen LogP contribution in [0.25, 0.3) is 43.6 Å². The number of ether oxygens (including phenoxy) is 2. The second-order valence-corrected chi connectivity index (χ2v) is 8.17. The predicted molar refractivity (Wildman–Crippen MR) is 115 cm³/mol. The molecule has 1 aromatic heterocycles. The van der Waals surface area contributed by atoms with Crippen molar-refractivity contribution in [1.82, 2.24) is 4.98 Å². The molecule has 0 spiro atoms. The van der Waals surface area contributed by atoms with Gasteiger partial charge in [0.2, 0.25) is 6.79 Å². The summed E-state index contributed by atoms with van der Waals surface area (Å²) in [5.41, 5.74) is 9.42. The smallest absolute Gasteiger partial charge is 0.231 e. The van der Waals surface area contributed by atoms with Gasteiger partial charge in [-0.05, 0) is 40.1 Å². The molecule has 0 saturated carbocycles. The van der Waals surface area contributed by atoms with Gasteiger partial charge in [0.05, 0.1) is 20.4 Å². The van der Waals surface area contributed by atoms with Gasteiger partial charge < -0.3 is 15.2 Å². The van der Waals surface area contributed by atoms with E-state index < -0.39 is 10.2 Å². The second-order valence-electron chi connectivity index (χ2n) is 7.38. The van der Waals surface area contributed by atoms with Crippen molar-refractivity contribution in [2.45, 2.75) is 0 Å². The molecular weight excluding hydrogens is 448 g/mol. The summed E-state index contributed by atoms with van der Waals surface area (Å²) in [5.74, 6) is 2.10. The normalized spacial score (nSPS) is 12.7. The van der Waals surface area contributed by atoms with Gasteiger partial charge in [0, 0.05) is 16.2 Å². The Bertz CT molecular complexity index is 1510. The van der Waals surface area contributed by atoms with E-state index >= 15 is 0 Å². The zero-order valence-corrected chi connectivity index (χ0v) is 17.8. The van der Waals surface area contributed by atoms with Crippen LogP contribution >= 0.6 is 0 Å². The van der Waals surface area contributed by atoms with E-state index in [0.29, 0.717) is 5.82 Å². The Morgan fingerprint density at radius 2 is 1.45 bits per heavy atom. The molecule has 1 aliphatic heterocycles. The Labute approximate surface area is 189 Å². The maximum Gasteiger partial charge on any atom is 0.231 e. The molecule has 4 aromatic carbocycles. The fourth-order valence-corrected chi connectivity index (χ4v) is 4.11. The topological polar surface area (TPSA) is 147 Å². The van der Waals surface area contributed by atoms with Gasteiger partial charge in [0.15, 0.2) is 11.5 Å². The molecule has 0 radical (unpaired) electrons. The fourth-order valence-electron chi connectivity index (χ4n) is 4.11. The molecule has 0 atom stereocenters. The quantitative estimate of drug-likeness (QED) is 0.354. The van der Waals surface area contributed by atoms with Crippen molar-refractivity contribution in [3.05, 3.63) is 72.8 Å². The van der Waals surface area contributed by atoms with Gasteiger partial charge in [-0.1, -0.05) is 54.6 Å². The number of pyridine rings is 1. The molecule has 8 nitrogen and oxygen atoms in total.